The molecule has 2 amide bonds. The van der Waals surface area contributed by atoms with Crippen LogP contribution in [0.15, 0.2) is 76.1 Å². The van der Waals surface area contributed by atoms with E-state index in [1.165, 1.54) is 37.3 Å². The summed E-state index contributed by atoms with van der Waals surface area (Å²) in [6.45, 7) is 6.83. The van der Waals surface area contributed by atoms with E-state index in [1.54, 1.807) is 31.2 Å². The molecule has 3 rings (SSSR count). The van der Waals surface area contributed by atoms with Crippen LogP contribution in [-0.2, 0) is 26.2 Å². The number of anilines is 1. The molecule has 226 valence electrons. The van der Waals surface area contributed by atoms with Crippen LogP contribution < -0.4 is 19.1 Å². The van der Waals surface area contributed by atoms with Gasteiger partial charge in [-0.25, -0.2) is 8.42 Å². The summed E-state index contributed by atoms with van der Waals surface area (Å²) >= 11 is 3.46. The molecule has 0 aliphatic rings. The van der Waals surface area contributed by atoms with Gasteiger partial charge < -0.3 is 19.7 Å². The second-order valence-electron chi connectivity index (χ2n) is 10.0. The maximum absolute atomic E-state index is 14.2. The molecule has 0 radical (unpaired) electrons. The average Bonchev–Trinajstić information content (AvgIpc) is 2.97. The molecule has 0 saturated carbocycles. The van der Waals surface area contributed by atoms with Crippen LogP contribution >= 0.6 is 15.9 Å². The largest absolute Gasteiger partial charge is 0.497 e. The van der Waals surface area contributed by atoms with Gasteiger partial charge in [0.25, 0.3) is 10.0 Å². The summed E-state index contributed by atoms with van der Waals surface area (Å²) in [5, 5.41) is 2.93. The number of methoxy groups -OCH3 is 2. The van der Waals surface area contributed by atoms with Gasteiger partial charge in [0.05, 0.1) is 24.8 Å². The van der Waals surface area contributed by atoms with Gasteiger partial charge in [0.15, 0.2) is 0 Å². The fraction of sp³-hybridized carbons (Fsp3) is 0.355. The normalized spacial score (nSPS) is 12.6. The maximum atomic E-state index is 14.2. The third kappa shape index (κ3) is 8.04. The van der Waals surface area contributed by atoms with Crippen LogP contribution in [-0.4, -0.2) is 58.0 Å². The molecule has 11 heteroatoms. The Morgan fingerprint density at radius 3 is 2.26 bits per heavy atom. The van der Waals surface area contributed by atoms with E-state index < -0.39 is 28.5 Å². The van der Waals surface area contributed by atoms with E-state index in [0.29, 0.717) is 5.75 Å². The standard InChI is InChI=1S/C31H38BrN3O6S/c1-7-22(3)33-31(37)23(4)34(19-24-9-8-10-25(32)17-24)30(36)20-35(28-18-26(40-5)13-16-29(28)41-6)42(38,39)27-14-11-21(2)12-15-27/h8-18,22-23H,7,19-20H2,1-6H3,(H,33,37)/t22-,23-/m1/s1. The fourth-order valence-electron chi connectivity index (χ4n) is 4.22. The maximum Gasteiger partial charge on any atom is 0.264 e. The second kappa shape index (κ2) is 14.6. The lowest BCUT2D eigenvalue weighted by Gasteiger charge is -2.33. The van der Waals surface area contributed by atoms with E-state index in [4.69, 9.17) is 9.47 Å². The molecule has 3 aromatic rings. The van der Waals surface area contributed by atoms with Gasteiger partial charge in [-0.1, -0.05) is 52.7 Å². The molecule has 3 aromatic carbocycles. The molecular formula is C31H38BrN3O6S. The lowest BCUT2D eigenvalue weighted by Crippen LogP contribution is -2.52. The van der Waals surface area contributed by atoms with Crippen LogP contribution in [0.5, 0.6) is 11.5 Å². The number of carbonyl (C=O) groups is 2. The van der Waals surface area contributed by atoms with E-state index in [1.807, 2.05) is 45.0 Å². The summed E-state index contributed by atoms with van der Waals surface area (Å²) in [7, 11) is -1.38. The highest BCUT2D eigenvalue weighted by Gasteiger charge is 2.34. The molecule has 1 N–H and O–H groups in total. The number of hydrogen-bond donors (Lipinski definition) is 1. The number of nitrogens with one attached hydrogen (secondary N) is 1. The van der Waals surface area contributed by atoms with Crippen molar-refractivity contribution in [1.82, 2.24) is 10.2 Å². The van der Waals surface area contributed by atoms with Gasteiger partial charge in [-0.3, -0.25) is 13.9 Å². The molecular weight excluding hydrogens is 622 g/mol. The molecule has 0 aliphatic heterocycles. The average molecular weight is 661 g/mol. The zero-order chi connectivity index (χ0) is 31.0. The van der Waals surface area contributed by atoms with Crippen molar-refractivity contribution >= 4 is 43.5 Å². The van der Waals surface area contributed by atoms with Gasteiger partial charge >= 0.3 is 0 Å². The number of sulfonamides is 1. The summed E-state index contributed by atoms with van der Waals surface area (Å²) in [5.74, 6) is -0.281. The predicted molar refractivity (Wildman–Crippen MR) is 167 cm³/mol. The Kier molecular flexibility index (Phi) is 11.4. The molecule has 0 bridgehead atoms. The lowest BCUT2D eigenvalue weighted by molar-refractivity contribution is -0.139. The number of hydrogen-bond acceptors (Lipinski definition) is 6. The van der Waals surface area contributed by atoms with Crippen molar-refractivity contribution in [2.24, 2.45) is 0 Å². The lowest BCUT2D eigenvalue weighted by atomic mass is 10.1. The predicted octanol–water partition coefficient (Wildman–Crippen LogP) is 5.30. The van der Waals surface area contributed by atoms with Crippen molar-refractivity contribution in [2.75, 3.05) is 25.1 Å². The van der Waals surface area contributed by atoms with Crippen LogP contribution in [0.2, 0.25) is 0 Å². The van der Waals surface area contributed by atoms with Crippen LogP contribution in [0.1, 0.15) is 38.3 Å². The first-order valence-corrected chi connectivity index (χ1v) is 15.8. The van der Waals surface area contributed by atoms with Crippen molar-refractivity contribution in [3.05, 3.63) is 82.3 Å². The van der Waals surface area contributed by atoms with Crippen LogP contribution in [0.4, 0.5) is 5.69 Å². The topological polar surface area (TPSA) is 105 Å². The number of rotatable bonds is 13. The second-order valence-corrected chi connectivity index (χ2v) is 12.8. The van der Waals surface area contributed by atoms with Crippen molar-refractivity contribution < 1.29 is 27.5 Å². The first-order chi connectivity index (χ1) is 19.9. The van der Waals surface area contributed by atoms with Gasteiger partial charge in [0, 0.05) is 23.1 Å². The van der Waals surface area contributed by atoms with E-state index >= 15 is 0 Å². The molecule has 0 fully saturated rings. The van der Waals surface area contributed by atoms with Crippen LogP contribution in [0, 0.1) is 6.92 Å². The van der Waals surface area contributed by atoms with Crippen LogP contribution in [0.3, 0.4) is 0 Å². The zero-order valence-electron chi connectivity index (χ0n) is 24.8. The molecule has 0 heterocycles. The van der Waals surface area contributed by atoms with E-state index in [2.05, 4.69) is 21.2 Å². The minimum absolute atomic E-state index is 0.00637. The molecule has 0 aliphatic carbocycles. The van der Waals surface area contributed by atoms with Crippen LogP contribution in [0.25, 0.3) is 0 Å². The number of nitrogens with zero attached hydrogens (tertiary/aromatic N) is 2. The number of benzene rings is 3. The minimum Gasteiger partial charge on any atom is -0.497 e. The molecule has 0 aromatic heterocycles. The van der Waals surface area contributed by atoms with E-state index in [9.17, 15) is 18.0 Å². The number of amides is 2. The molecule has 42 heavy (non-hydrogen) atoms. The zero-order valence-corrected chi connectivity index (χ0v) is 27.2. The molecule has 9 nitrogen and oxygen atoms in total. The van der Waals surface area contributed by atoms with Gasteiger partial charge in [-0.2, -0.15) is 0 Å². The summed E-state index contributed by atoms with van der Waals surface area (Å²) in [6.07, 6.45) is 0.718. The van der Waals surface area contributed by atoms with Gasteiger partial charge in [-0.15, -0.1) is 0 Å². The smallest absolute Gasteiger partial charge is 0.264 e. The number of ether oxygens (including phenoxy) is 2. The molecule has 0 spiro atoms. The molecule has 0 saturated heterocycles. The summed E-state index contributed by atoms with van der Waals surface area (Å²) in [5.41, 5.74) is 1.79. The first kappa shape index (κ1) is 32.9. The van der Waals surface area contributed by atoms with Crippen molar-refractivity contribution in [1.29, 1.82) is 0 Å². The third-order valence-corrected chi connectivity index (χ3v) is 9.22. The number of halogens is 1. The first-order valence-electron chi connectivity index (χ1n) is 13.6. The molecule has 2 atom stereocenters. The third-order valence-electron chi connectivity index (χ3n) is 6.95. The molecule has 0 unspecified atom stereocenters. The Bertz CT molecular complexity index is 1500. The van der Waals surface area contributed by atoms with Crippen molar-refractivity contribution in [2.45, 2.75) is 57.6 Å². The highest BCUT2D eigenvalue weighted by atomic mass is 79.9. The Balaban J connectivity index is 2.12. The van der Waals surface area contributed by atoms with E-state index in [0.717, 1.165) is 26.3 Å². The number of carbonyl (C=O) groups excluding carboxylic acids is 2. The highest BCUT2D eigenvalue weighted by Crippen LogP contribution is 2.36. The summed E-state index contributed by atoms with van der Waals surface area (Å²) in [4.78, 5) is 28.8. The SMILES string of the molecule is CC[C@@H](C)NC(=O)[C@@H](C)N(Cc1cccc(Br)c1)C(=O)CN(c1cc(OC)ccc1OC)S(=O)(=O)c1ccc(C)cc1. The Morgan fingerprint density at radius 1 is 0.976 bits per heavy atom. The van der Waals surface area contributed by atoms with Crippen molar-refractivity contribution in [3.8, 4) is 11.5 Å². The van der Waals surface area contributed by atoms with Crippen molar-refractivity contribution in [3.63, 3.8) is 0 Å². The Labute approximate surface area is 257 Å². The fourth-order valence-corrected chi connectivity index (χ4v) is 6.09. The van der Waals surface area contributed by atoms with Gasteiger partial charge in [0.2, 0.25) is 11.8 Å². The summed E-state index contributed by atoms with van der Waals surface area (Å²) < 4.78 is 41.0. The minimum atomic E-state index is -4.26. The highest BCUT2D eigenvalue weighted by molar-refractivity contribution is 9.10. The summed E-state index contributed by atoms with van der Waals surface area (Å²) in [6, 6.07) is 17.5. The quantitative estimate of drug-likeness (QED) is 0.267. The van der Waals surface area contributed by atoms with Gasteiger partial charge in [-0.05, 0) is 69.2 Å². The Hall–Kier alpha value is -3.57. The van der Waals surface area contributed by atoms with E-state index in [-0.39, 0.29) is 34.8 Å². The Morgan fingerprint density at radius 2 is 1.67 bits per heavy atom. The monoisotopic (exact) mass is 659 g/mol. The van der Waals surface area contributed by atoms with Gasteiger partial charge in [0.1, 0.15) is 24.1 Å². The number of aryl methyl sites for hydroxylation is 1.